The van der Waals surface area contributed by atoms with Gasteiger partial charge >= 0.3 is 13.9 Å². The van der Waals surface area contributed by atoms with Gasteiger partial charge in [-0.05, 0) is 22.3 Å². The first-order chi connectivity index (χ1) is 15.1. The molecule has 2 aromatic carbocycles. The lowest BCUT2D eigenvalue weighted by Gasteiger charge is -2.17. The van der Waals surface area contributed by atoms with Gasteiger partial charge in [0.2, 0.25) is 0 Å². The predicted octanol–water partition coefficient (Wildman–Crippen LogP) is 3.83. The molecule has 0 radical (unpaired) electrons. The van der Waals surface area contributed by atoms with Gasteiger partial charge in [0.15, 0.2) is 0 Å². The third-order valence-electron chi connectivity index (χ3n) is 4.68. The van der Waals surface area contributed by atoms with Crippen LogP contribution in [0.25, 0.3) is 11.1 Å². The van der Waals surface area contributed by atoms with E-state index in [9.17, 15) is 9.36 Å². The van der Waals surface area contributed by atoms with Crippen LogP contribution in [0.15, 0.2) is 61.2 Å². The molecule has 1 amide bonds. The maximum absolute atomic E-state index is 12.4. The number of amides is 1. The maximum Gasteiger partial charge on any atom is 0.475 e. The van der Waals surface area contributed by atoms with Crippen molar-refractivity contribution in [1.29, 1.82) is 0 Å². The van der Waals surface area contributed by atoms with Gasteiger partial charge in [-0.2, -0.15) is 0 Å². The first-order valence-corrected chi connectivity index (χ1v) is 11.5. The van der Waals surface area contributed by atoms with Crippen molar-refractivity contribution in [3.8, 4) is 11.1 Å². The van der Waals surface area contributed by atoms with Crippen molar-refractivity contribution >= 4 is 13.9 Å². The fourth-order valence-corrected chi connectivity index (χ4v) is 4.54. The first kappa shape index (κ1) is 23.2. The van der Waals surface area contributed by atoms with Crippen LogP contribution in [0.2, 0.25) is 0 Å². The quantitative estimate of drug-likeness (QED) is 0.290. The Morgan fingerprint density at radius 1 is 1.03 bits per heavy atom. The Bertz CT molecular complexity index is 906. The van der Waals surface area contributed by atoms with Gasteiger partial charge in [0, 0.05) is 19.0 Å². The third kappa shape index (κ3) is 6.03. The van der Waals surface area contributed by atoms with Gasteiger partial charge < -0.3 is 15.8 Å². The summed E-state index contributed by atoms with van der Waals surface area (Å²) in [4.78, 5) is 12.1. The standard InChI is InChI=1S/C22H27N2O6P/c1-2-13-28-31(26,29-14-11-23)30-15-12-24-22(25)27-16-21-19-9-5-3-7-17(19)18-8-4-6-10-20(18)21/h2-10,21H,1,11-16,23H2,(H,24,25). The van der Waals surface area contributed by atoms with Gasteiger partial charge in [-0.25, -0.2) is 9.36 Å². The lowest BCUT2D eigenvalue weighted by molar-refractivity contribution is 0.118. The van der Waals surface area contributed by atoms with Gasteiger partial charge in [-0.3, -0.25) is 13.6 Å². The minimum atomic E-state index is -3.76. The number of nitrogens with one attached hydrogen (secondary N) is 1. The highest BCUT2D eigenvalue weighted by molar-refractivity contribution is 7.48. The summed E-state index contributed by atoms with van der Waals surface area (Å²) in [7, 11) is -3.76. The molecule has 3 N–H and O–H groups in total. The average Bonchev–Trinajstić information content (AvgIpc) is 3.12. The van der Waals surface area contributed by atoms with E-state index in [4.69, 9.17) is 24.0 Å². The van der Waals surface area contributed by atoms with Crippen LogP contribution in [0.1, 0.15) is 17.0 Å². The zero-order valence-corrected chi connectivity index (χ0v) is 18.1. The normalized spacial score (nSPS) is 14.4. The van der Waals surface area contributed by atoms with Crippen molar-refractivity contribution in [1.82, 2.24) is 5.32 Å². The number of hydrogen-bond donors (Lipinski definition) is 2. The van der Waals surface area contributed by atoms with Crippen molar-refractivity contribution in [3.05, 3.63) is 72.3 Å². The number of benzene rings is 2. The molecular weight excluding hydrogens is 419 g/mol. The van der Waals surface area contributed by atoms with Gasteiger partial charge in [0.05, 0.1) is 19.8 Å². The third-order valence-corrected chi connectivity index (χ3v) is 6.15. The second kappa shape index (κ2) is 11.2. The molecule has 3 rings (SSSR count). The van der Waals surface area contributed by atoms with E-state index in [2.05, 4.69) is 36.2 Å². The van der Waals surface area contributed by atoms with Crippen molar-refractivity contribution in [3.63, 3.8) is 0 Å². The van der Waals surface area contributed by atoms with Crippen LogP contribution in [-0.2, 0) is 22.9 Å². The molecular formula is C22H27N2O6P. The van der Waals surface area contributed by atoms with E-state index >= 15 is 0 Å². The summed E-state index contributed by atoms with van der Waals surface area (Å²) in [5.41, 5.74) is 9.95. The van der Waals surface area contributed by atoms with Gasteiger partial charge in [-0.15, -0.1) is 6.58 Å². The molecule has 0 heterocycles. The van der Waals surface area contributed by atoms with E-state index in [1.807, 2.05) is 24.3 Å². The molecule has 8 nitrogen and oxygen atoms in total. The summed E-state index contributed by atoms with van der Waals surface area (Å²) in [5, 5.41) is 2.58. The smallest absolute Gasteiger partial charge is 0.449 e. The number of ether oxygens (including phenoxy) is 1. The molecule has 0 fully saturated rings. The highest BCUT2D eigenvalue weighted by atomic mass is 31.2. The van der Waals surface area contributed by atoms with Crippen molar-refractivity contribution in [2.24, 2.45) is 5.73 Å². The summed E-state index contributed by atoms with van der Waals surface area (Å²) in [6, 6.07) is 16.2. The molecule has 1 aliphatic carbocycles. The van der Waals surface area contributed by atoms with Crippen LogP contribution in [-0.4, -0.2) is 45.6 Å². The molecule has 31 heavy (non-hydrogen) atoms. The number of carbonyl (C=O) groups excluding carboxylic acids is 1. The Morgan fingerprint density at radius 2 is 1.65 bits per heavy atom. The van der Waals surface area contributed by atoms with Crippen LogP contribution in [0, 0.1) is 0 Å². The van der Waals surface area contributed by atoms with Crippen molar-refractivity contribution < 1.29 is 27.7 Å². The largest absolute Gasteiger partial charge is 0.475 e. The fraction of sp³-hybridized carbons (Fsp3) is 0.318. The Balaban J connectivity index is 1.48. The zero-order valence-electron chi connectivity index (χ0n) is 17.2. The average molecular weight is 446 g/mol. The van der Waals surface area contributed by atoms with E-state index in [0.29, 0.717) is 0 Å². The van der Waals surface area contributed by atoms with E-state index in [-0.39, 0.29) is 45.4 Å². The lowest BCUT2D eigenvalue weighted by atomic mass is 9.98. The summed E-state index contributed by atoms with van der Waals surface area (Å²) in [5.74, 6) is -0.0217. The molecule has 0 saturated carbocycles. The van der Waals surface area contributed by atoms with Crippen LogP contribution < -0.4 is 11.1 Å². The van der Waals surface area contributed by atoms with Crippen LogP contribution in [0.3, 0.4) is 0 Å². The Labute approximate surface area is 181 Å². The molecule has 1 atom stereocenters. The Morgan fingerprint density at radius 3 is 2.26 bits per heavy atom. The van der Waals surface area contributed by atoms with E-state index in [0.717, 1.165) is 22.3 Å². The van der Waals surface area contributed by atoms with Gasteiger partial charge in [0.25, 0.3) is 0 Å². The maximum atomic E-state index is 12.4. The van der Waals surface area contributed by atoms with Gasteiger partial charge in [-0.1, -0.05) is 54.6 Å². The molecule has 1 unspecified atom stereocenters. The number of phosphoric ester groups is 1. The first-order valence-electron chi connectivity index (χ1n) is 10.0. The molecule has 0 bridgehead atoms. The summed E-state index contributed by atoms with van der Waals surface area (Å²) in [6.07, 6.45) is 0.840. The highest BCUT2D eigenvalue weighted by Gasteiger charge is 2.29. The number of nitrogens with two attached hydrogens (primary N) is 1. The molecule has 0 aromatic heterocycles. The Hall–Kier alpha value is -2.48. The molecule has 0 spiro atoms. The van der Waals surface area contributed by atoms with Crippen LogP contribution in [0.5, 0.6) is 0 Å². The molecule has 166 valence electrons. The second-order valence-corrected chi connectivity index (χ2v) is 8.41. The highest BCUT2D eigenvalue weighted by Crippen LogP contribution is 2.49. The van der Waals surface area contributed by atoms with E-state index in [1.54, 1.807) is 0 Å². The van der Waals surface area contributed by atoms with Crippen LogP contribution >= 0.6 is 7.82 Å². The molecule has 1 aliphatic rings. The molecule has 2 aromatic rings. The number of carbonyl (C=O) groups is 1. The molecule has 9 heteroatoms. The SMILES string of the molecule is C=CCOP(=O)(OCCN)OCCNC(=O)OCC1c2ccccc2-c2ccccc21. The van der Waals surface area contributed by atoms with Gasteiger partial charge in [0.1, 0.15) is 6.61 Å². The van der Waals surface area contributed by atoms with Crippen molar-refractivity contribution in [2.75, 3.05) is 39.5 Å². The van der Waals surface area contributed by atoms with E-state index in [1.165, 1.54) is 6.08 Å². The number of phosphoric acid groups is 1. The van der Waals surface area contributed by atoms with Crippen molar-refractivity contribution in [2.45, 2.75) is 5.92 Å². The molecule has 0 saturated heterocycles. The topological polar surface area (TPSA) is 109 Å². The summed E-state index contributed by atoms with van der Waals surface area (Å²) in [6.45, 7) is 3.89. The summed E-state index contributed by atoms with van der Waals surface area (Å²) < 4.78 is 33.1. The number of hydrogen-bond acceptors (Lipinski definition) is 7. The van der Waals surface area contributed by atoms with Crippen LogP contribution in [0.4, 0.5) is 4.79 Å². The Kier molecular flexibility index (Phi) is 8.40. The minimum absolute atomic E-state index is 0.00164. The predicted molar refractivity (Wildman–Crippen MR) is 118 cm³/mol. The molecule has 0 aliphatic heterocycles. The second-order valence-electron chi connectivity index (χ2n) is 6.74. The fourth-order valence-electron chi connectivity index (χ4n) is 3.38. The number of alkyl carbamates (subject to hydrolysis) is 1. The summed E-state index contributed by atoms with van der Waals surface area (Å²) >= 11 is 0. The number of rotatable bonds is 12. The zero-order chi connectivity index (χ0) is 22.1. The minimum Gasteiger partial charge on any atom is -0.449 e. The lowest BCUT2D eigenvalue weighted by Crippen LogP contribution is -2.29. The monoisotopic (exact) mass is 446 g/mol. The number of fused-ring (bicyclic) bond motifs is 3. The van der Waals surface area contributed by atoms with E-state index < -0.39 is 13.9 Å².